The number of pyridine rings is 4. The minimum atomic E-state index is -4.52. The fourth-order valence-electron chi connectivity index (χ4n) is 10.4. The van der Waals surface area contributed by atoms with Crippen molar-refractivity contribution in [1.82, 2.24) is 19.9 Å². The Morgan fingerprint density at radius 1 is 0.698 bits per heavy atom. The monoisotopic (exact) mass is 1320 g/mol. The maximum Gasteiger partial charge on any atom is 0.416 e. The molecule has 468 valence electrons. The number of rotatable bonds is 9. The third kappa shape index (κ3) is 17.0. The summed E-state index contributed by atoms with van der Waals surface area (Å²) in [6.07, 6.45) is -2.28. The van der Waals surface area contributed by atoms with Crippen molar-refractivity contribution < 1.29 is 59.6 Å². The highest BCUT2D eigenvalue weighted by Gasteiger charge is 2.41. The van der Waals surface area contributed by atoms with Crippen LogP contribution in [0.15, 0.2) is 97.3 Å². The molecule has 0 spiro atoms. The predicted molar refractivity (Wildman–Crippen MR) is 340 cm³/mol. The van der Waals surface area contributed by atoms with Crippen LogP contribution < -0.4 is 40.5 Å². The van der Waals surface area contributed by atoms with E-state index in [1.807, 2.05) is 27.7 Å². The SMILES string of the molecule is CC1(C)OC[C@H](COc2ccnc(N)c2)O1.CC1(C)OC[C@H](COc2ccnc(NC(=O)N3c4nc(-c5cccc(C(F)(F)F)c5)c(Cl)cc4N4CCC[C@H]3C4)c2)O1.FC(F)(F)c1cccc(-c2nc3c(cc2Cl)N2CCC[C@@H](C2)N3)c1.S.S.S.S. The van der Waals surface area contributed by atoms with Gasteiger partial charge in [0.25, 0.3) is 0 Å². The highest BCUT2D eigenvalue weighted by molar-refractivity contribution is 7.59. The van der Waals surface area contributed by atoms with Gasteiger partial charge in [-0.25, -0.2) is 24.7 Å². The molecule has 2 aromatic carbocycles. The van der Waals surface area contributed by atoms with Gasteiger partial charge < -0.3 is 49.3 Å². The van der Waals surface area contributed by atoms with E-state index in [1.54, 1.807) is 53.6 Å². The normalized spacial score (nSPS) is 20.2. The molecule has 0 aliphatic carbocycles. The van der Waals surface area contributed by atoms with E-state index in [4.69, 9.17) is 57.4 Å². The summed E-state index contributed by atoms with van der Waals surface area (Å²) in [5.41, 5.74) is 6.70. The van der Waals surface area contributed by atoms with Gasteiger partial charge in [0.05, 0.1) is 63.2 Å². The molecule has 6 aromatic rings. The fourth-order valence-corrected chi connectivity index (χ4v) is 11.0. The molecule has 4 saturated heterocycles. The molecule has 29 heteroatoms. The van der Waals surface area contributed by atoms with E-state index in [-0.39, 0.29) is 101 Å². The van der Waals surface area contributed by atoms with Gasteiger partial charge in [0.15, 0.2) is 23.2 Å². The maximum absolute atomic E-state index is 13.8. The zero-order valence-corrected chi connectivity index (χ0v) is 52.6. The quantitative estimate of drug-likeness (QED) is 0.116. The Bertz CT molecular complexity index is 3310. The van der Waals surface area contributed by atoms with Crippen LogP contribution in [0.4, 0.5) is 65.8 Å². The number of amides is 2. The van der Waals surface area contributed by atoms with E-state index in [0.29, 0.717) is 83.3 Å². The number of hydrogen-bond acceptors (Lipinski definition) is 15. The van der Waals surface area contributed by atoms with Crippen molar-refractivity contribution in [2.75, 3.05) is 83.7 Å². The molecule has 17 nitrogen and oxygen atoms in total. The van der Waals surface area contributed by atoms with Crippen LogP contribution in [0.3, 0.4) is 0 Å². The van der Waals surface area contributed by atoms with Gasteiger partial charge in [-0.05, 0) is 102 Å². The van der Waals surface area contributed by atoms with Crippen LogP contribution >= 0.6 is 77.2 Å². The Morgan fingerprint density at radius 3 is 1.77 bits per heavy atom. The van der Waals surface area contributed by atoms with Gasteiger partial charge in [0.1, 0.15) is 48.6 Å². The lowest BCUT2D eigenvalue weighted by atomic mass is 9.99. The van der Waals surface area contributed by atoms with E-state index in [2.05, 4.69) is 40.4 Å². The third-order valence-corrected chi connectivity index (χ3v) is 14.8. The highest BCUT2D eigenvalue weighted by Crippen LogP contribution is 2.45. The predicted octanol–water partition coefficient (Wildman–Crippen LogP) is 12.8. The molecule has 4 N–H and O–H groups in total. The lowest BCUT2D eigenvalue weighted by Gasteiger charge is -2.46. The van der Waals surface area contributed by atoms with Crippen molar-refractivity contribution in [2.24, 2.45) is 0 Å². The summed E-state index contributed by atoms with van der Waals surface area (Å²) in [6.45, 7) is 12.3. The number of urea groups is 1. The molecule has 0 unspecified atom stereocenters. The number of alkyl halides is 6. The topological polar surface area (TPSA) is 184 Å². The van der Waals surface area contributed by atoms with Crippen molar-refractivity contribution in [1.29, 1.82) is 0 Å². The largest absolute Gasteiger partial charge is 0.491 e. The summed E-state index contributed by atoms with van der Waals surface area (Å²) < 4.78 is 113. The van der Waals surface area contributed by atoms with E-state index >= 15 is 0 Å². The fraction of sp³-hybridized carbons (Fsp3) is 0.421. The Morgan fingerprint density at radius 2 is 1.22 bits per heavy atom. The number of anilines is 6. The smallest absolute Gasteiger partial charge is 0.416 e. The van der Waals surface area contributed by atoms with Crippen molar-refractivity contribution in [3.05, 3.63) is 118 Å². The average Bonchev–Trinajstić information content (AvgIpc) is 1.06. The number of hydrogen-bond donors (Lipinski definition) is 3. The Kier molecular flexibility index (Phi) is 23.3. The van der Waals surface area contributed by atoms with E-state index < -0.39 is 41.1 Å². The van der Waals surface area contributed by atoms with Gasteiger partial charge in [-0.15, -0.1) is 0 Å². The Balaban J connectivity index is 0.000000227. The molecule has 12 rings (SSSR count). The maximum atomic E-state index is 13.8. The Labute approximate surface area is 532 Å². The second-order valence-corrected chi connectivity index (χ2v) is 22.1. The number of carbonyl (C=O) groups excluding carboxylic acids is 1. The Hall–Kier alpha value is -5.49. The number of nitrogens with one attached hydrogen (secondary N) is 2. The molecule has 0 saturated carbocycles. The minimum Gasteiger partial charge on any atom is -0.491 e. The van der Waals surface area contributed by atoms with Crippen LogP contribution in [0, 0.1) is 0 Å². The number of fused-ring (bicyclic) bond motifs is 8. The second-order valence-electron chi connectivity index (χ2n) is 21.3. The van der Waals surface area contributed by atoms with Gasteiger partial charge in [0.2, 0.25) is 0 Å². The number of nitrogens with zero attached hydrogens (tertiary/aromatic N) is 7. The molecule has 0 radical (unpaired) electrons. The summed E-state index contributed by atoms with van der Waals surface area (Å²) in [7, 11) is 0. The number of halogens is 8. The molecule has 86 heavy (non-hydrogen) atoms. The van der Waals surface area contributed by atoms with Crippen LogP contribution in [-0.2, 0) is 31.3 Å². The number of nitrogen functional groups attached to an aromatic ring is 1. The number of carbonyl (C=O) groups is 1. The molecule has 2 amide bonds. The standard InChI is InChI=1S/C29H29ClF3N5O4.C17H15ClF3N3.C11H16N2O3.4H2S/c1-28(2)41-16-21(42-28)15-40-20-8-9-34-24(12-20)35-27(39)38-19-7-4-10-37(14-19)23-13-22(30)25(36-26(23)38)17-5-3-6-18(11-17)29(31,32)33;18-13-8-14-16(22-12-5-2-6-24(14)9-12)23-15(13)10-3-1-4-11(7-10)17(19,20)21;1-11(2)15-7-9(16-11)6-14-8-3-4-13-10(12)5-8;;;;/h3,5-6,8-9,11-13,19,21H,4,7,10,14-16H2,1-2H3,(H,34,35,39);1,3-4,7-8,12H,2,5-6,9H2,(H,22,23);3-5,9H,6-7H2,1-2H3,(H2,12,13);4*1H2/t19-,21-;12-;9-;;;;/m000..../s1. The first-order valence-corrected chi connectivity index (χ1v) is 27.4. The molecule has 10 heterocycles. The first-order valence-electron chi connectivity index (χ1n) is 26.6. The number of aromatic nitrogens is 4. The highest BCUT2D eigenvalue weighted by atomic mass is 35.5. The second kappa shape index (κ2) is 28.8. The summed E-state index contributed by atoms with van der Waals surface area (Å²) in [5, 5.41) is 6.77. The molecule has 6 aliphatic heterocycles. The zero-order chi connectivity index (χ0) is 58.1. The van der Waals surface area contributed by atoms with Crippen molar-refractivity contribution in [3.63, 3.8) is 0 Å². The minimum absolute atomic E-state index is 0. The van der Waals surface area contributed by atoms with Crippen molar-refractivity contribution in [2.45, 2.75) is 102 Å². The molecule has 4 fully saturated rings. The van der Waals surface area contributed by atoms with Crippen LogP contribution in [-0.4, -0.2) is 114 Å². The van der Waals surface area contributed by atoms with E-state index in [0.717, 1.165) is 75.3 Å². The average molecular weight is 1320 g/mol. The van der Waals surface area contributed by atoms with Crippen LogP contribution in [0.2, 0.25) is 10.0 Å². The molecule has 4 aromatic heterocycles. The van der Waals surface area contributed by atoms with Gasteiger partial charge in [-0.2, -0.15) is 80.3 Å². The molecule has 6 aliphatic rings. The summed E-state index contributed by atoms with van der Waals surface area (Å²) in [6, 6.07) is 19.8. The molecule has 4 atom stereocenters. The van der Waals surface area contributed by atoms with Crippen LogP contribution in [0.5, 0.6) is 11.5 Å². The van der Waals surface area contributed by atoms with E-state index in [1.165, 1.54) is 24.4 Å². The number of nitrogens with two attached hydrogens (primary N) is 1. The van der Waals surface area contributed by atoms with E-state index in [9.17, 15) is 31.1 Å². The van der Waals surface area contributed by atoms with Crippen LogP contribution in [0.1, 0.15) is 64.5 Å². The molecular weight excluding hydrogens is 1250 g/mol. The summed E-state index contributed by atoms with van der Waals surface area (Å²) in [5.74, 6) is 1.76. The summed E-state index contributed by atoms with van der Waals surface area (Å²) in [4.78, 5) is 37.0. The first kappa shape index (κ1) is 69.6. The first-order chi connectivity index (χ1) is 38.9. The number of ether oxygens (including phenoxy) is 6. The van der Waals surface area contributed by atoms with Gasteiger partial charge >= 0.3 is 18.4 Å². The van der Waals surface area contributed by atoms with Gasteiger partial charge in [-0.1, -0.05) is 47.5 Å². The van der Waals surface area contributed by atoms with Gasteiger partial charge in [0, 0.05) is 67.9 Å². The molecule has 4 bridgehead atoms. The third-order valence-electron chi connectivity index (χ3n) is 14.2. The zero-order valence-electron chi connectivity index (χ0n) is 47.1. The number of benzene rings is 2. The van der Waals surface area contributed by atoms with Crippen LogP contribution in [0.25, 0.3) is 22.5 Å². The van der Waals surface area contributed by atoms with Crippen molar-refractivity contribution in [3.8, 4) is 34.0 Å². The lowest BCUT2D eigenvalue weighted by Crippen LogP contribution is -2.56. The summed E-state index contributed by atoms with van der Waals surface area (Å²) >= 11 is 12.9. The number of piperidine rings is 2. The van der Waals surface area contributed by atoms with Gasteiger partial charge in [-0.3, -0.25) is 10.2 Å². The lowest BCUT2D eigenvalue weighted by molar-refractivity contribution is -0.141. The van der Waals surface area contributed by atoms with Crippen molar-refractivity contribution >= 4 is 118 Å². The molecular formula is C57H68Cl2F6N10O7S4.